The molecule has 3 aromatic carbocycles. The number of nitrogens with one attached hydrogen (secondary N) is 3. The molecule has 24 nitrogen and oxygen atoms in total. The molecule has 8 N–H and O–H groups in total. The van der Waals surface area contributed by atoms with Gasteiger partial charge in [0.2, 0.25) is 0 Å². The molecule has 4 amide bonds. The van der Waals surface area contributed by atoms with Gasteiger partial charge in [0, 0.05) is 38.9 Å². The molecule has 0 heterocycles. The summed E-state index contributed by atoms with van der Waals surface area (Å²) in [6, 6.07) is 20.5. The van der Waals surface area contributed by atoms with Crippen LogP contribution in [0.5, 0.6) is 17.2 Å². The average molecular weight is 1120 g/mol. The number of carbonyl (C=O) groups is 10. The van der Waals surface area contributed by atoms with Crippen molar-refractivity contribution in [2.45, 2.75) is 60.8 Å². The second-order valence-electron chi connectivity index (χ2n) is 16.4. The van der Waals surface area contributed by atoms with Gasteiger partial charge in [-0.25, -0.2) is 47.9 Å². The zero-order valence-corrected chi connectivity index (χ0v) is 46.0. The highest BCUT2D eigenvalue weighted by atomic mass is 16.6. The summed E-state index contributed by atoms with van der Waals surface area (Å²) in [5, 5.41) is 31.2. The number of amides is 4. The SMILES string of the molecule is C=C(C)C(=O)O.C=C(C)C(=O)O.C=C(C)C(=O)O.C=C(C)C(=O)OCCNC(=O)Oc1ccc(C(C)(c2ccc(OC(=O)NCCOC(=O)C(=C)C)cc2)c2ccc(OC(=O)NCCOC(=O)C(=C)C)cc2)cc1.CCOC(N)=O. The van der Waals surface area contributed by atoms with Gasteiger partial charge in [-0.15, -0.1) is 0 Å². The lowest BCUT2D eigenvalue weighted by Gasteiger charge is -2.32. The van der Waals surface area contributed by atoms with E-state index in [1.165, 1.54) is 41.5 Å². The number of nitrogens with two attached hydrogens (primary N) is 1. The van der Waals surface area contributed by atoms with Crippen molar-refractivity contribution < 1.29 is 96.4 Å². The number of hydrogen-bond donors (Lipinski definition) is 7. The van der Waals surface area contributed by atoms with E-state index < -0.39 is 65.6 Å². The minimum Gasteiger partial charge on any atom is -0.478 e. The number of ether oxygens (including phenoxy) is 7. The quantitative estimate of drug-likeness (QED) is 0.0166. The predicted octanol–water partition coefficient (Wildman–Crippen LogP) is 7.71. The Bertz CT molecular complexity index is 2380. The predicted molar refractivity (Wildman–Crippen MR) is 293 cm³/mol. The van der Waals surface area contributed by atoms with Crippen molar-refractivity contribution in [1.82, 2.24) is 16.0 Å². The molecule has 24 heteroatoms. The fourth-order valence-electron chi connectivity index (χ4n) is 4.90. The van der Waals surface area contributed by atoms with Crippen LogP contribution >= 0.6 is 0 Å². The van der Waals surface area contributed by atoms with Crippen LogP contribution in [0.4, 0.5) is 19.2 Å². The van der Waals surface area contributed by atoms with Crippen LogP contribution in [-0.2, 0) is 53.1 Å². The van der Waals surface area contributed by atoms with Crippen molar-refractivity contribution in [3.05, 3.63) is 162 Å². The fourth-order valence-corrected chi connectivity index (χ4v) is 4.90. The molecular formula is C56H70N4O20. The maximum atomic E-state index is 12.4. The number of hydrogen-bond acceptors (Lipinski definition) is 17. The lowest BCUT2D eigenvalue weighted by Crippen LogP contribution is -2.31. The Morgan fingerprint density at radius 1 is 0.425 bits per heavy atom. The van der Waals surface area contributed by atoms with Crippen molar-refractivity contribution in [3.8, 4) is 17.2 Å². The Labute approximate surface area is 463 Å². The van der Waals surface area contributed by atoms with E-state index in [0.717, 1.165) is 16.7 Å². The van der Waals surface area contributed by atoms with Crippen molar-refractivity contribution in [3.63, 3.8) is 0 Å². The molecule has 0 radical (unpaired) electrons. The Hall–Kier alpha value is -10.0. The Balaban J connectivity index is 0. The van der Waals surface area contributed by atoms with E-state index in [1.807, 2.05) is 6.92 Å². The third kappa shape index (κ3) is 31.8. The summed E-state index contributed by atoms with van der Waals surface area (Å²) in [7, 11) is 0. The number of aliphatic carboxylic acids is 3. The van der Waals surface area contributed by atoms with E-state index in [1.54, 1.807) is 79.7 Å². The number of carboxylic acid groups (broad SMARTS) is 3. The van der Waals surface area contributed by atoms with Crippen molar-refractivity contribution in [1.29, 1.82) is 0 Å². The molecule has 3 aromatic rings. The summed E-state index contributed by atoms with van der Waals surface area (Å²) in [6.07, 6.45) is -2.94. The highest BCUT2D eigenvalue weighted by molar-refractivity contribution is 5.88. The van der Waals surface area contributed by atoms with E-state index in [9.17, 15) is 47.9 Å². The summed E-state index contributed by atoms with van der Waals surface area (Å²) in [5.74, 6) is -3.75. The third-order valence-corrected chi connectivity index (χ3v) is 9.17. The van der Waals surface area contributed by atoms with Gasteiger partial charge in [0.05, 0.1) is 26.2 Å². The van der Waals surface area contributed by atoms with Crippen LogP contribution < -0.4 is 35.9 Å². The van der Waals surface area contributed by atoms with E-state index in [4.69, 9.17) is 43.7 Å². The molecule has 0 aliphatic carbocycles. The maximum absolute atomic E-state index is 12.4. The number of carbonyl (C=O) groups excluding carboxylic acids is 7. The molecule has 0 saturated carbocycles. The topological polar surface area (TPSA) is 358 Å². The number of benzene rings is 3. The van der Waals surface area contributed by atoms with Gasteiger partial charge in [0.1, 0.15) is 37.1 Å². The molecule has 3 rings (SSSR count). The number of rotatable bonds is 22. The van der Waals surface area contributed by atoms with Gasteiger partial charge >= 0.3 is 60.2 Å². The molecular weight excluding hydrogens is 1050 g/mol. The van der Waals surface area contributed by atoms with E-state index in [2.05, 4.69) is 65.9 Å². The van der Waals surface area contributed by atoms with Gasteiger partial charge in [-0.2, -0.15) is 0 Å². The molecule has 0 saturated heterocycles. The van der Waals surface area contributed by atoms with Crippen LogP contribution in [0.15, 0.2) is 146 Å². The van der Waals surface area contributed by atoms with E-state index in [0.29, 0.717) is 6.61 Å². The second-order valence-corrected chi connectivity index (χ2v) is 16.4. The Kier molecular flexibility index (Phi) is 34.7. The van der Waals surface area contributed by atoms with Gasteiger partial charge < -0.3 is 70.2 Å². The minimum absolute atomic E-state index is 0.0342. The summed E-state index contributed by atoms with van der Waals surface area (Å²) in [6.45, 7) is 32.8. The lowest BCUT2D eigenvalue weighted by atomic mass is 9.71. The lowest BCUT2D eigenvalue weighted by molar-refractivity contribution is -0.139. The number of carboxylic acids is 3. The van der Waals surface area contributed by atoms with Crippen LogP contribution in [0.25, 0.3) is 0 Å². The van der Waals surface area contributed by atoms with Gasteiger partial charge in [-0.05, 0) is 108 Å². The molecule has 434 valence electrons. The smallest absolute Gasteiger partial charge is 0.412 e. The van der Waals surface area contributed by atoms with Crippen LogP contribution in [0, 0.1) is 0 Å². The van der Waals surface area contributed by atoms with Crippen LogP contribution in [0.2, 0.25) is 0 Å². The number of esters is 3. The summed E-state index contributed by atoms with van der Waals surface area (Å²) >= 11 is 0. The van der Waals surface area contributed by atoms with Crippen molar-refractivity contribution in [2.75, 3.05) is 46.1 Å². The first kappa shape index (κ1) is 72.1. The largest absolute Gasteiger partial charge is 0.478 e. The van der Waals surface area contributed by atoms with Crippen molar-refractivity contribution in [2.24, 2.45) is 5.73 Å². The average Bonchev–Trinajstić information content (AvgIpc) is 3.38. The van der Waals surface area contributed by atoms with Gasteiger partial charge in [0.25, 0.3) is 0 Å². The molecule has 0 aromatic heterocycles. The normalized spacial score (nSPS) is 9.60. The third-order valence-electron chi connectivity index (χ3n) is 9.17. The van der Waals surface area contributed by atoms with E-state index in [-0.39, 0.29) is 90.1 Å². The van der Waals surface area contributed by atoms with Gasteiger partial charge in [-0.1, -0.05) is 75.9 Å². The van der Waals surface area contributed by atoms with E-state index >= 15 is 0 Å². The first-order valence-electron chi connectivity index (χ1n) is 23.5. The maximum Gasteiger partial charge on any atom is 0.412 e. The van der Waals surface area contributed by atoms with Gasteiger partial charge in [0.15, 0.2) is 0 Å². The molecule has 0 aliphatic rings. The van der Waals surface area contributed by atoms with Crippen LogP contribution in [-0.4, -0.2) is 122 Å². The molecule has 0 bridgehead atoms. The molecule has 0 aliphatic heterocycles. The fraction of sp³-hybridized carbons (Fsp3) is 0.286. The molecule has 0 spiro atoms. The minimum atomic E-state index is -0.935. The molecule has 0 unspecified atom stereocenters. The monoisotopic (exact) mass is 1120 g/mol. The first-order valence-corrected chi connectivity index (χ1v) is 23.5. The summed E-state index contributed by atoms with van der Waals surface area (Å²) in [4.78, 5) is 110. The van der Waals surface area contributed by atoms with Crippen molar-refractivity contribution >= 4 is 60.2 Å². The van der Waals surface area contributed by atoms with Gasteiger partial charge in [-0.3, -0.25) is 0 Å². The highest BCUT2D eigenvalue weighted by Crippen LogP contribution is 2.40. The van der Waals surface area contributed by atoms with Crippen LogP contribution in [0.3, 0.4) is 0 Å². The molecule has 0 atom stereocenters. The Morgan fingerprint density at radius 3 is 0.787 bits per heavy atom. The Morgan fingerprint density at radius 2 is 0.637 bits per heavy atom. The summed E-state index contributed by atoms with van der Waals surface area (Å²) in [5.41, 5.74) is 7.29. The van der Waals surface area contributed by atoms with Crippen LogP contribution in [0.1, 0.15) is 72.1 Å². The second kappa shape index (κ2) is 38.5. The summed E-state index contributed by atoms with van der Waals surface area (Å²) < 4.78 is 35.2. The molecule has 0 fully saturated rings. The zero-order valence-electron chi connectivity index (χ0n) is 46.0. The number of primary amides is 1. The zero-order chi connectivity index (χ0) is 61.7. The first-order chi connectivity index (χ1) is 37.3. The standard InChI is InChI=1S/C41H45N3O12.3C4H6O2.C3H7NO2/c1-26(2)35(45)51-23-20-42-38(48)54-32-14-8-29(9-15-32)41(7,30-10-16-33(17-11-30)55-39(49)43-21-24-52-36(46)27(3)4)31-12-18-34(19-13-31)56-40(50)44-22-25-53-37(47)28(5)6;3*1-3(2)4(5)6;1-2-6-3(4)5/h8-19H,1,3,5,20-25H2,2,4,6-7H3,(H,42,48)(H,43,49)(H,44,50);3*1H2,2H3,(H,5,6);2H2,1H3,(H2,4,5). The highest BCUT2D eigenvalue weighted by Gasteiger charge is 2.32. The molecule has 80 heavy (non-hydrogen) atoms.